The SMILES string of the molecule is C=CC[SiH2]OC(CCC)(OCCC)OCCC. The van der Waals surface area contributed by atoms with Crippen LogP contribution in [0.25, 0.3) is 0 Å². The van der Waals surface area contributed by atoms with E-state index < -0.39 is 15.7 Å². The van der Waals surface area contributed by atoms with Crippen molar-refractivity contribution < 1.29 is 13.9 Å². The Bertz CT molecular complexity index is 178. The third kappa shape index (κ3) is 7.71. The van der Waals surface area contributed by atoms with Gasteiger partial charge in [-0.25, -0.2) is 0 Å². The highest BCUT2D eigenvalue weighted by Crippen LogP contribution is 2.22. The molecular weight excluding hydrogens is 232 g/mol. The van der Waals surface area contributed by atoms with Crippen LogP contribution in [0.2, 0.25) is 6.04 Å². The van der Waals surface area contributed by atoms with E-state index in [-0.39, 0.29) is 0 Å². The van der Waals surface area contributed by atoms with Crippen molar-refractivity contribution in [3.63, 3.8) is 0 Å². The molecule has 0 atom stereocenters. The van der Waals surface area contributed by atoms with E-state index in [9.17, 15) is 0 Å². The van der Waals surface area contributed by atoms with E-state index in [1.807, 2.05) is 6.08 Å². The highest BCUT2D eigenvalue weighted by Gasteiger charge is 2.31. The number of rotatable bonds is 12. The van der Waals surface area contributed by atoms with E-state index in [2.05, 4.69) is 27.4 Å². The molecule has 0 bridgehead atoms. The second kappa shape index (κ2) is 11.0. The quantitative estimate of drug-likeness (QED) is 0.234. The van der Waals surface area contributed by atoms with Crippen LogP contribution in [0.4, 0.5) is 0 Å². The summed E-state index contributed by atoms with van der Waals surface area (Å²) >= 11 is 0. The highest BCUT2D eigenvalue weighted by atomic mass is 28.2. The van der Waals surface area contributed by atoms with Gasteiger partial charge in [0.2, 0.25) is 0 Å². The van der Waals surface area contributed by atoms with E-state index in [4.69, 9.17) is 13.9 Å². The fourth-order valence-corrected chi connectivity index (χ4v) is 2.37. The Balaban J connectivity index is 4.37. The first-order valence-electron chi connectivity index (χ1n) is 6.77. The lowest BCUT2D eigenvalue weighted by atomic mass is 10.3. The van der Waals surface area contributed by atoms with Crippen LogP contribution in [0.1, 0.15) is 46.5 Å². The molecular formula is C13H28O3Si. The molecule has 3 nitrogen and oxygen atoms in total. The van der Waals surface area contributed by atoms with Gasteiger partial charge in [-0.1, -0.05) is 26.8 Å². The van der Waals surface area contributed by atoms with Crippen LogP contribution in [-0.2, 0) is 13.9 Å². The zero-order chi connectivity index (χ0) is 13.0. The minimum atomic E-state index is -0.782. The summed E-state index contributed by atoms with van der Waals surface area (Å²) in [7, 11) is -0.637. The van der Waals surface area contributed by atoms with Crippen molar-refractivity contribution >= 4 is 9.76 Å². The highest BCUT2D eigenvalue weighted by molar-refractivity contribution is 6.27. The molecule has 0 aromatic heterocycles. The lowest BCUT2D eigenvalue weighted by Gasteiger charge is -2.33. The number of allylic oxidation sites excluding steroid dienone is 1. The van der Waals surface area contributed by atoms with Crippen LogP contribution in [0.15, 0.2) is 12.7 Å². The number of hydrogen-bond acceptors (Lipinski definition) is 3. The van der Waals surface area contributed by atoms with E-state index in [1.165, 1.54) is 0 Å². The minimum absolute atomic E-state index is 0.637. The van der Waals surface area contributed by atoms with Gasteiger partial charge in [-0.3, -0.25) is 0 Å². The number of ether oxygens (including phenoxy) is 2. The fourth-order valence-electron chi connectivity index (χ4n) is 1.46. The van der Waals surface area contributed by atoms with E-state index in [1.54, 1.807) is 0 Å². The molecule has 0 aromatic carbocycles. The van der Waals surface area contributed by atoms with Crippen LogP contribution < -0.4 is 0 Å². The van der Waals surface area contributed by atoms with Crippen LogP contribution in [0.3, 0.4) is 0 Å². The summed E-state index contributed by atoms with van der Waals surface area (Å²) in [5, 5.41) is 0. The van der Waals surface area contributed by atoms with E-state index in [0.29, 0.717) is 13.2 Å². The molecule has 0 radical (unpaired) electrons. The standard InChI is InChI=1S/C13H28O3Si/c1-5-9-13(14-10-6-2,15-11-7-3)16-17-12-8-4/h8H,4-7,9-12,17H2,1-3H3. The lowest BCUT2D eigenvalue weighted by Crippen LogP contribution is -2.41. The molecule has 0 aliphatic heterocycles. The molecule has 4 heteroatoms. The monoisotopic (exact) mass is 260 g/mol. The van der Waals surface area contributed by atoms with Gasteiger partial charge in [-0.05, 0) is 25.3 Å². The molecule has 0 rings (SSSR count). The Morgan fingerprint density at radius 3 is 2.06 bits per heavy atom. The van der Waals surface area contributed by atoms with E-state index >= 15 is 0 Å². The molecule has 0 aromatic rings. The maximum Gasteiger partial charge on any atom is 0.272 e. The third-order valence-corrected chi connectivity index (χ3v) is 3.54. The Morgan fingerprint density at radius 2 is 1.65 bits per heavy atom. The third-order valence-electron chi connectivity index (χ3n) is 2.25. The summed E-state index contributed by atoms with van der Waals surface area (Å²) in [6, 6.07) is 0.955. The smallest absolute Gasteiger partial charge is 0.272 e. The summed E-state index contributed by atoms with van der Waals surface area (Å²) in [4.78, 5) is 0. The first-order chi connectivity index (χ1) is 8.24. The van der Waals surface area contributed by atoms with Gasteiger partial charge in [0, 0.05) is 6.42 Å². The summed E-state index contributed by atoms with van der Waals surface area (Å²) < 4.78 is 17.6. The van der Waals surface area contributed by atoms with Gasteiger partial charge in [-0.2, -0.15) is 0 Å². The molecule has 0 saturated heterocycles. The first kappa shape index (κ1) is 16.8. The molecule has 0 amide bonds. The largest absolute Gasteiger partial charge is 0.376 e. The summed E-state index contributed by atoms with van der Waals surface area (Å²) in [5.41, 5.74) is 0. The molecule has 0 heterocycles. The van der Waals surface area contributed by atoms with Gasteiger partial charge in [-0.15, -0.1) is 6.58 Å². The van der Waals surface area contributed by atoms with E-state index in [0.717, 1.165) is 31.7 Å². The molecule has 102 valence electrons. The van der Waals surface area contributed by atoms with Gasteiger partial charge < -0.3 is 13.9 Å². The molecule has 0 aliphatic rings. The molecule has 0 spiro atoms. The maximum absolute atomic E-state index is 5.94. The van der Waals surface area contributed by atoms with Gasteiger partial charge in [0.25, 0.3) is 5.97 Å². The van der Waals surface area contributed by atoms with Crippen LogP contribution >= 0.6 is 0 Å². The fraction of sp³-hybridized carbons (Fsp3) is 0.846. The second-order valence-corrected chi connectivity index (χ2v) is 5.33. The van der Waals surface area contributed by atoms with Crippen LogP contribution in [0.5, 0.6) is 0 Å². The lowest BCUT2D eigenvalue weighted by molar-refractivity contribution is -0.348. The Labute approximate surface area is 108 Å². The number of hydrogen-bond donors (Lipinski definition) is 0. The van der Waals surface area contributed by atoms with Crippen LogP contribution in [-0.4, -0.2) is 29.0 Å². The zero-order valence-corrected chi connectivity index (χ0v) is 13.1. The molecule has 0 N–H and O–H groups in total. The average Bonchev–Trinajstić information content (AvgIpc) is 2.34. The van der Waals surface area contributed by atoms with Crippen molar-refractivity contribution in [3.8, 4) is 0 Å². The summed E-state index contributed by atoms with van der Waals surface area (Å²) in [6.45, 7) is 11.4. The minimum Gasteiger partial charge on any atom is -0.376 e. The zero-order valence-electron chi connectivity index (χ0n) is 11.7. The summed E-state index contributed by atoms with van der Waals surface area (Å²) in [5.74, 6) is -0.782. The van der Waals surface area contributed by atoms with Crippen molar-refractivity contribution in [2.75, 3.05) is 13.2 Å². The predicted molar refractivity (Wildman–Crippen MR) is 74.8 cm³/mol. The Morgan fingerprint density at radius 1 is 1.06 bits per heavy atom. The average molecular weight is 260 g/mol. The van der Waals surface area contributed by atoms with Gasteiger partial charge >= 0.3 is 0 Å². The molecule has 0 unspecified atom stereocenters. The molecule has 0 fully saturated rings. The first-order valence-corrected chi connectivity index (χ1v) is 8.35. The van der Waals surface area contributed by atoms with Crippen molar-refractivity contribution in [2.24, 2.45) is 0 Å². The van der Waals surface area contributed by atoms with Crippen molar-refractivity contribution in [2.45, 2.75) is 58.5 Å². The normalized spacial score (nSPS) is 12.4. The van der Waals surface area contributed by atoms with Gasteiger partial charge in [0.15, 0.2) is 9.76 Å². The topological polar surface area (TPSA) is 27.7 Å². The Hall–Kier alpha value is -0.163. The second-order valence-electron chi connectivity index (χ2n) is 4.06. The summed E-state index contributed by atoms with van der Waals surface area (Å²) in [6.07, 6.45) is 5.66. The maximum atomic E-state index is 5.94. The van der Waals surface area contributed by atoms with Crippen molar-refractivity contribution in [1.82, 2.24) is 0 Å². The van der Waals surface area contributed by atoms with Gasteiger partial charge in [0.1, 0.15) is 0 Å². The molecule has 0 saturated carbocycles. The van der Waals surface area contributed by atoms with Gasteiger partial charge in [0.05, 0.1) is 13.2 Å². The van der Waals surface area contributed by atoms with Crippen molar-refractivity contribution in [3.05, 3.63) is 12.7 Å². The van der Waals surface area contributed by atoms with Crippen LogP contribution in [0, 0.1) is 0 Å². The molecule has 0 aliphatic carbocycles. The Kier molecular flexibility index (Phi) is 10.9. The van der Waals surface area contributed by atoms with Crippen molar-refractivity contribution in [1.29, 1.82) is 0 Å². The molecule has 17 heavy (non-hydrogen) atoms. The predicted octanol–water partition coefficient (Wildman–Crippen LogP) is 3.00.